The number of carboxylic acid groups (broad SMARTS) is 1. The number of aliphatic hydroxyl groups is 1. The number of anilines is 2. The molecule has 33 heavy (non-hydrogen) atoms. The van der Waals surface area contributed by atoms with E-state index in [2.05, 4.69) is 15.6 Å². The van der Waals surface area contributed by atoms with E-state index in [-0.39, 0.29) is 52.7 Å². The highest BCUT2D eigenvalue weighted by Gasteiger charge is 2.55. The Labute approximate surface area is 191 Å². The Morgan fingerprint density at radius 1 is 1.18 bits per heavy atom. The largest absolute Gasteiger partial charge is 0.478 e. The predicted octanol–water partition coefficient (Wildman–Crippen LogP) is 3.90. The van der Waals surface area contributed by atoms with Crippen molar-refractivity contribution in [2.24, 2.45) is 23.2 Å². The molecule has 2 atom stereocenters. The molecule has 2 unspecified atom stereocenters. The van der Waals surface area contributed by atoms with Gasteiger partial charge >= 0.3 is 11.7 Å². The summed E-state index contributed by atoms with van der Waals surface area (Å²) in [4.78, 5) is 27.7. The van der Waals surface area contributed by atoms with E-state index in [9.17, 15) is 25.1 Å². The highest BCUT2D eigenvalue weighted by molar-refractivity contribution is 5.98. The minimum absolute atomic E-state index is 0.0218. The number of nitrogens with zero attached hydrogens (tertiary/aromatic N) is 2. The van der Waals surface area contributed by atoms with Crippen molar-refractivity contribution in [3.05, 3.63) is 57.8 Å². The minimum Gasteiger partial charge on any atom is -0.478 e. The first-order chi connectivity index (χ1) is 15.9. The Kier molecular flexibility index (Phi) is 5.44. The molecular formula is C24H28N4O5. The molecule has 0 spiro atoms. The summed E-state index contributed by atoms with van der Waals surface area (Å²) in [5.41, 5.74) is 0.375. The van der Waals surface area contributed by atoms with E-state index < -0.39 is 10.9 Å². The van der Waals surface area contributed by atoms with Crippen LogP contribution in [0.4, 0.5) is 17.2 Å². The van der Waals surface area contributed by atoms with Crippen LogP contribution in [0.15, 0.2) is 36.5 Å². The zero-order valence-electron chi connectivity index (χ0n) is 18.2. The van der Waals surface area contributed by atoms with Gasteiger partial charge in [0, 0.05) is 25.4 Å². The van der Waals surface area contributed by atoms with Crippen molar-refractivity contribution in [1.29, 1.82) is 0 Å². The smallest absolute Gasteiger partial charge is 0.339 e. The summed E-state index contributed by atoms with van der Waals surface area (Å²) in [6, 6.07) is 9.39. The van der Waals surface area contributed by atoms with Gasteiger partial charge in [-0.05, 0) is 60.8 Å². The molecule has 4 aliphatic rings. The number of aliphatic hydroxyl groups excluding tert-OH is 1. The van der Waals surface area contributed by atoms with Crippen molar-refractivity contribution >= 4 is 23.2 Å². The quantitative estimate of drug-likeness (QED) is 0.349. The standard InChI is InChI=1S/C24H28N4O5/c29-13-24-8-15-6-16(9-24)19(17(7-15)10-24)27-20-18(23(30)31)12-26-22(21(20)28(32)33)25-11-14-4-2-1-3-5-14/h1-5,12,15-17,19,29H,6-11,13H2,(H,30,31)(H2,25,26,27). The molecule has 1 aromatic heterocycles. The van der Waals surface area contributed by atoms with E-state index in [1.165, 1.54) is 6.20 Å². The van der Waals surface area contributed by atoms with Crippen LogP contribution in [0.1, 0.15) is 48.0 Å². The monoisotopic (exact) mass is 452 g/mol. The minimum atomic E-state index is -1.25. The molecule has 6 rings (SSSR count). The molecule has 4 saturated carbocycles. The van der Waals surface area contributed by atoms with Crippen molar-refractivity contribution in [2.75, 3.05) is 17.2 Å². The number of rotatable bonds is 8. The maximum absolute atomic E-state index is 12.1. The second-order valence-electron chi connectivity index (χ2n) is 9.94. The van der Waals surface area contributed by atoms with Gasteiger partial charge in [-0.1, -0.05) is 30.3 Å². The van der Waals surface area contributed by atoms with Crippen LogP contribution >= 0.6 is 0 Å². The number of nitro groups is 1. The lowest BCUT2D eigenvalue weighted by atomic mass is 9.48. The average molecular weight is 453 g/mol. The summed E-state index contributed by atoms with van der Waals surface area (Å²) < 4.78 is 0. The van der Waals surface area contributed by atoms with Gasteiger partial charge in [-0.15, -0.1) is 0 Å². The van der Waals surface area contributed by atoms with Crippen LogP contribution in [-0.2, 0) is 6.54 Å². The molecule has 174 valence electrons. The first-order valence-electron chi connectivity index (χ1n) is 11.4. The van der Waals surface area contributed by atoms with Crippen LogP contribution in [-0.4, -0.2) is 38.7 Å². The van der Waals surface area contributed by atoms with Crippen LogP contribution in [0.25, 0.3) is 0 Å². The van der Waals surface area contributed by atoms with Gasteiger partial charge in [0.1, 0.15) is 11.3 Å². The Morgan fingerprint density at radius 2 is 1.88 bits per heavy atom. The van der Waals surface area contributed by atoms with Crippen LogP contribution in [0.5, 0.6) is 0 Å². The predicted molar refractivity (Wildman–Crippen MR) is 122 cm³/mol. The van der Waals surface area contributed by atoms with E-state index in [0.717, 1.165) is 37.7 Å². The van der Waals surface area contributed by atoms with Crippen LogP contribution in [0, 0.1) is 33.3 Å². The molecule has 2 aromatic rings. The third-order valence-electron chi connectivity index (χ3n) is 7.82. The summed E-state index contributed by atoms with van der Waals surface area (Å²) in [6.45, 7) is 0.502. The SMILES string of the molecule is O=C(O)c1cnc(NCc2ccccc2)c([N+](=O)[O-])c1NC1C2CC3CC1CC(CO)(C3)C2. The third kappa shape index (κ3) is 3.90. The average Bonchev–Trinajstić information content (AvgIpc) is 2.79. The third-order valence-corrected chi connectivity index (χ3v) is 7.82. The number of aromatic carboxylic acids is 1. The van der Waals surface area contributed by atoms with Crippen molar-refractivity contribution in [3.8, 4) is 0 Å². The van der Waals surface area contributed by atoms with Crippen LogP contribution in [0.3, 0.4) is 0 Å². The highest BCUT2D eigenvalue weighted by Crippen LogP contribution is 2.60. The molecule has 4 N–H and O–H groups in total. The van der Waals surface area contributed by atoms with E-state index in [1.54, 1.807) is 0 Å². The Hall–Kier alpha value is -3.20. The maximum Gasteiger partial charge on any atom is 0.339 e. The second-order valence-corrected chi connectivity index (χ2v) is 9.94. The number of aromatic nitrogens is 1. The van der Waals surface area contributed by atoms with Crippen LogP contribution < -0.4 is 10.6 Å². The van der Waals surface area contributed by atoms with Crippen molar-refractivity contribution in [1.82, 2.24) is 4.98 Å². The van der Waals surface area contributed by atoms with Crippen LogP contribution in [0.2, 0.25) is 0 Å². The Bertz CT molecular complexity index is 1060. The van der Waals surface area contributed by atoms with Gasteiger partial charge in [0.25, 0.3) is 0 Å². The van der Waals surface area contributed by atoms with Crippen molar-refractivity contribution in [2.45, 2.75) is 44.7 Å². The van der Waals surface area contributed by atoms with Gasteiger partial charge in [-0.2, -0.15) is 0 Å². The molecule has 9 nitrogen and oxygen atoms in total. The maximum atomic E-state index is 12.1. The number of hydrogen-bond acceptors (Lipinski definition) is 7. The number of pyridine rings is 1. The molecule has 9 heteroatoms. The molecule has 0 saturated heterocycles. The Balaban J connectivity index is 1.48. The van der Waals surface area contributed by atoms with E-state index >= 15 is 0 Å². The summed E-state index contributed by atoms with van der Waals surface area (Å²) in [5.74, 6) is -0.107. The summed E-state index contributed by atoms with van der Waals surface area (Å²) in [7, 11) is 0. The van der Waals surface area contributed by atoms with E-state index in [1.807, 2.05) is 30.3 Å². The zero-order valence-corrected chi connectivity index (χ0v) is 18.2. The molecule has 0 aliphatic heterocycles. The van der Waals surface area contributed by atoms with Gasteiger partial charge in [0.15, 0.2) is 0 Å². The molecule has 4 fully saturated rings. The van der Waals surface area contributed by atoms with Crippen molar-refractivity contribution in [3.63, 3.8) is 0 Å². The molecule has 0 radical (unpaired) electrons. The van der Waals surface area contributed by atoms with Gasteiger partial charge < -0.3 is 20.8 Å². The second kappa shape index (κ2) is 8.30. The van der Waals surface area contributed by atoms with Gasteiger partial charge in [0.2, 0.25) is 5.82 Å². The summed E-state index contributed by atoms with van der Waals surface area (Å²) in [5, 5.41) is 38.3. The topological polar surface area (TPSA) is 138 Å². The lowest BCUT2D eigenvalue weighted by molar-refractivity contribution is -0.383. The summed E-state index contributed by atoms with van der Waals surface area (Å²) >= 11 is 0. The number of carboxylic acids is 1. The Morgan fingerprint density at radius 3 is 2.48 bits per heavy atom. The number of hydrogen-bond donors (Lipinski definition) is 4. The first kappa shape index (κ1) is 21.6. The molecule has 1 aromatic carbocycles. The molecule has 1 heterocycles. The number of nitrogens with one attached hydrogen (secondary N) is 2. The van der Waals surface area contributed by atoms with Crippen molar-refractivity contribution < 1.29 is 19.9 Å². The lowest BCUT2D eigenvalue weighted by Gasteiger charge is -2.59. The summed E-state index contributed by atoms with van der Waals surface area (Å²) in [6.07, 6.45) is 6.00. The zero-order chi connectivity index (χ0) is 23.2. The highest BCUT2D eigenvalue weighted by atomic mass is 16.6. The van der Waals surface area contributed by atoms with Gasteiger partial charge in [-0.3, -0.25) is 10.1 Å². The fourth-order valence-corrected chi connectivity index (χ4v) is 6.69. The van der Waals surface area contributed by atoms with E-state index in [0.29, 0.717) is 12.5 Å². The molecule has 4 bridgehead atoms. The van der Waals surface area contributed by atoms with Gasteiger partial charge in [-0.25, -0.2) is 9.78 Å². The first-order valence-corrected chi connectivity index (χ1v) is 11.4. The fraction of sp³-hybridized carbons (Fsp3) is 0.500. The lowest BCUT2D eigenvalue weighted by Crippen LogP contribution is -2.57. The molecular weight excluding hydrogens is 424 g/mol. The van der Waals surface area contributed by atoms with Gasteiger partial charge in [0.05, 0.1) is 4.92 Å². The van der Waals surface area contributed by atoms with E-state index in [4.69, 9.17) is 0 Å². The number of benzene rings is 1. The molecule has 0 amide bonds. The number of carbonyl (C=O) groups is 1. The normalized spacial score (nSPS) is 29.6. The molecule has 4 aliphatic carbocycles. The fourth-order valence-electron chi connectivity index (χ4n) is 6.69.